The Kier molecular flexibility index (Phi) is 4.80. The minimum Gasteiger partial charge on any atom is -0.383 e. The average molecular weight is 304 g/mol. The van der Waals surface area contributed by atoms with E-state index in [1.165, 1.54) is 12.8 Å². The number of hydrogen-bond donors (Lipinski definition) is 1. The Hall–Kier alpha value is -1.50. The smallest absolute Gasteiger partial charge is 0.188 e. The van der Waals surface area contributed by atoms with Crippen LogP contribution in [0.2, 0.25) is 0 Å². The lowest BCUT2D eigenvalue weighted by Crippen LogP contribution is -2.27. The zero-order valence-corrected chi connectivity index (χ0v) is 13.0. The normalized spacial score (nSPS) is 19.0. The quantitative estimate of drug-likeness (QED) is 0.889. The van der Waals surface area contributed by atoms with Crippen LogP contribution >= 0.6 is 11.3 Å². The molecular formula is C15H20N4OS. The number of rotatable bonds is 6. The molecule has 0 saturated carbocycles. The molecule has 0 spiro atoms. The van der Waals surface area contributed by atoms with E-state index < -0.39 is 0 Å². The second-order valence-electron chi connectivity index (χ2n) is 5.10. The maximum atomic E-state index is 5.19. The molecule has 1 aliphatic rings. The number of methoxy groups -OCH3 is 1. The maximum absolute atomic E-state index is 5.19. The molecule has 0 radical (unpaired) electrons. The van der Waals surface area contributed by atoms with E-state index in [1.54, 1.807) is 24.6 Å². The third kappa shape index (κ3) is 3.58. The second-order valence-corrected chi connectivity index (χ2v) is 5.96. The largest absolute Gasteiger partial charge is 0.383 e. The van der Waals surface area contributed by atoms with Crippen LogP contribution in [0.1, 0.15) is 24.6 Å². The van der Waals surface area contributed by atoms with Crippen LogP contribution in [0.4, 0.5) is 10.9 Å². The molecule has 6 heteroatoms. The Morgan fingerprint density at radius 3 is 3.24 bits per heavy atom. The van der Waals surface area contributed by atoms with Crippen LogP contribution in [0, 0.1) is 0 Å². The van der Waals surface area contributed by atoms with E-state index >= 15 is 0 Å². The Bertz CT molecular complexity index is 560. The van der Waals surface area contributed by atoms with Gasteiger partial charge in [-0.1, -0.05) is 6.07 Å². The Morgan fingerprint density at radius 2 is 2.43 bits per heavy atom. The summed E-state index contributed by atoms with van der Waals surface area (Å²) in [6.45, 7) is 2.88. The number of nitrogens with zero attached hydrogens (tertiary/aromatic N) is 3. The van der Waals surface area contributed by atoms with Gasteiger partial charge in [0.25, 0.3) is 0 Å². The molecule has 21 heavy (non-hydrogen) atoms. The summed E-state index contributed by atoms with van der Waals surface area (Å²) in [4.78, 5) is 11.5. The molecule has 5 nitrogen and oxygen atoms in total. The molecule has 0 aromatic carbocycles. The van der Waals surface area contributed by atoms with Crippen molar-refractivity contribution in [3.8, 4) is 0 Å². The topological polar surface area (TPSA) is 50.3 Å². The zero-order chi connectivity index (χ0) is 14.5. The minimum absolute atomic E-state index is 0.427. The van der Waals surface area contributed by atoms with Crippen molar-refractivity contribution >= 4 is 22.3 Å². The SMILES string of the molecule is COCCN1CCCC1c1csc(Nc2ccccn2)n1. The van der Waals surface area contributed by atoms with Gasteiger partial charge in [0.2, 0.25) is 0 Å². The van der Waals surface area contributed by atoms with Crippen molar-refractivity contribution in [2.24, 2.45) is 0 Å². The molecule has 1 N–H and O–H groups in total. The van der Waals surface area contributed by atoms with E-state index in [0.717, 1.165) is 36.3 Å². The molecular weight excluding hydrogens is 284 g/mol. The van der Waals surface area contributed by atoms with Gasteiger partial charge in [-0.05, 0) is 31.5 Å². The maximum Gasteiger partial charge on any atom is 0.188 e. The molecule has 1 fully saturated rings. The first-order valence-corrected chi connectivity index (χ1v) is 8.11. The Morgan fingerprint density at radius 1 is 1.48 bits per heavy atom. The number of hydrogen-bond acceptors (Lipinski definition) is 6. The van der Waals surface area contributed by atoms with Crippen molar-refractivity contribution in [2.45, 2.75) is 18.9 Å². The van der Waals surface area contributed by atoms with E-state index in [-0.39, 0.29) is 0 Å². The van der Waals surface area contributed by atoms with Crippen molar-refractivity contribution in [3.63, 3.8) is 0 Å². The van der Waals surface area contributed by atoms with E-state index in [0.29, 0.717) is 6.04 Å². The lowest BCUT2D eigenvalue weighted by atomic mass is 10.2. The number of likely N-dealkylation sites (tertiary alicyclic amines) is 1. The first-order valence-electron chi connectivity index (χ1n) is 7.23. The van der Waals surface area contributed by atoms with Gasteiger partial charge in [-0.2, -0.15) is 0 Å². The van der Waals surface area contributed by atoms with Gasteiger partial charge in [0.1, 0.15) is 5.82 Å². The van der Waals surface area contributed by atoms with Crippen LogP contribution < -0.4 is 5.32 Å². The van der Waals surface area contributed by atoms with Crippen LogP contribution in [0.3, 0.4) is 0 Å². The van der Waals surface area contributed by atoms with Crippen LogP contribution in [0.25, 0.3) is 0 Å². The summed E-state index contributed by atoms with van der Waals surface area (Å²) in [6, 6.07) is 6.25. The predicted octanol–water partition coefficient (Wildman–Crippen LogP) is 3.07. The molecule has 112 valence electrons. The zero-order valence-electron chi connectivity index (χ0n) is 12.2. The van der Waals surface area contributed by atoms with Crippen LogP contribution in [0.15, 0.2) is 29.8 Å². The average Bonchev–Trinajstić information content (AvgIpc) is 3.15. The number of pyridine rings is 1. The molecule has 1 atom stereocenters. The highest BCUT2D eigenvalue weighted by atomic mass is 32.1. The highest BCUT2D eigenvalue weighted by molar-refractivity contribution is 7.13. The molecule has 2 aromatic heterocycles. The molecule has 0 aliphatic carbocycles. The Labute approximate surface area is 129 Å². The summed E-state index contributed by atoms with van der Waals surface area (Å²) in [6.07, 6.45) is 4.19. The third-order valence-corrected chi connectivity index (χ3v) is 4.49. The summed E-state index contributed by atoms with van der Waals surface area (Å²) in [7, 11) is 1.75. The van der Waals surface area contributed by atoms with Crippen LogP contribution in [-0.4, -0.2) is 41.7 Å². The molecule has 3 heterocycles. The summed E-state index contributed by atoms with van der Waals surface area (Å²) in [5.41, 5.74) is 1.16. The van der Waals surface area contributed by atoms with E-state index in [1.807, 2.05) is 18.2 Å². The fourth-order valence-corrected chi connectivity index (χ4v) is 3.44. The number of ether oxygens (including phenoxy) is 1. The fourth-order valence-electron chi connectivity index (χ4n) is 2.68. The van der Waals surface area contributed by atoms with Crippen molar-refractivity contribution in [1.29, 1.82) is 0 Å². The summed E-state index contributed by atoms with van der Waals surface area (Å²) < 4.78 is 5.19. The van der Waals surface area contributed by atoms with Crippen molar-refractivity contribution in [1.82, 2.24) is 14.9 Å². The number of anilines is 2. The second kappa shape index (κ2) is 6.98. The molecule has 3 rings (SSSR count). The third-order valence-electron chi connectivity index (χ3n) is 3.71. The molecule has 1 aliphatic heterocycles. The van der Waals surface area contributed by atoms with E-state index in [2.05, 4.69) is 20.6 Å². The van der Waals surface area contributed by atoms with Crippen molar-refractivity contribution < 1.29 is 4.74 Å². The molecule has 1 unspecified atom stereocenters. The fraction of sp³-hybridized carbons (Fsp3) is 0.467. The highest BCUT2D eigenvalue weighted by Crippen LogP contribution is 2.33. The van der Waals surface area contributed by atoms with Crippen molar-refractivity contribution in [2.75, 3.05) is 32.1 Å². The van der Waals surface area contributed by atoms with Crippen LogP contribution in [0.5, 0.6) is 0 Å². The first kappa shape index (κ1) is 14.4. The summed E-state index contributed by atoms with van der Waals surface area (Å²) in [5.74, 6) is 0.834. The van der Waals surface area contributed by atoms with Gasteiger partial charge in [0.05, 0.1) is 18.3 Å². The number of thiazole rings is 1. The first-order chi connectivity index (χ1) is 10.4. The molecule has 1 saturated heterocycles. The number of nitrogens with one attached hydrogen (secondary N) is 1. The predicted molar refractivity (Wildman–Crippen MR) is 85.1 cm³/mol. The lowest BCUT2D eigenvalue weighted by Gasteiger charge is -2.22. The van der Waals surface area contributed by atoms with Gasteiger partial charge in [-0.15, -0.1) is 11.3 Å². The molecule has 0 amide bonds. The summed E-state index contributed by atoms with van der Waals surface area (Å²) in [5, 5.41) is 6.32. The lowest BCUT2D eigenvalue weighted by molar-refractivity contribution is 0.140. The highest BCUT2D eigenvalue weighted by Gasteiger charge is 2.27. The standard InChI is InChI=1S/C15H20N4OS/c1-20-10-9-19-8-4-5-13(19)12-11-21-15(17-12)18-14-6-2-3-7-16-14/h2-3,6-7,11,13H,4-5,8-10H2,1H3,(H,16,17,18). The number of aromatic nitrogens is 2. The van der Waals surface area contributed by atoms with Gasteiger partial charge in [0, 0.05) is 25.2 Å². The molecule has 2 aromatic rings. The minimum atomic E-state index is 0.427. The van der Waals surface area contributed by atoms with Gasteiger partial charge < -0.3 is 10.1 Å². The van der Waals surface area contributed by atoms with Gasteiger partial charge in [0.15, 0.2) is 5.13 Å². The van der Waals surface area contributed by atoms with Crippen LogP contribution in [-0.2, 0) is 4.74 Å². The van der Waals surface area contributed by atoms with Crippen molar-refractivity contribution in [3.05, 3.63) is 35.5 Å². The Balaban J connectivity index is 1.66. The van der Waals surface area contributed by atoms with E-state index in [4.69, 9.17) is 9.72 Å². The van der Waals surface area contributed by atoms with Gasteiger partial charge in [-0.25, -0.2) is 9.97 Å². The molecule has 0 bridgehead atoms. The van der Waals surface area contributed by atoms with E-state index in [9.17, 15) is 0 Å². The van der Waals surface area contributed by atoms with Gasteiger partial charge >= 0.3 is 0 Å². The monoisotopic (exact) mass is 304 g/mol. The summed E-state index contributed by atoms with van der Waals surface area (Å²) >= 11 is 1.64. The van der Waals surface area contributed by atoms with Gasteiger partial charge in [-0.3, -0.25) is 4.90 Å².